The number of benzene rings is 1. The third-order valence-electron chi connectivity index (χ3n) is 2.37. The molecule has 1 aromatic rings. The van der Waals surface area contributed by atoms with Crippen LogP contribution in [0.25, 0.3) is 0 Å². The summed E-state index contributed by atoms with van der Waals surface area (Å²) in [6, 6.07) is 3.20. The van der Waals surface area contributed by atoms with Gasteiger partial charge in [-0.25, -0.2) is 4.39 Å². The van der Waals surface area contributed by atoms with Gasteiger partial charge in [-0.2, -0.15) is 0 Å². The highest BCUT2D eigenvalue weighted by Gasteiger charge is 2.19. The number of hydrogen-bond donors (Lipinski definition) is 1. The molecule has 1 heterocycles. The van der Waals surface area contributed by atoms with Crippen molar-refractivity contribution < 1.29 is 23.8 Å². The van der Waals surface area contributed by atoms with E-state index in [4.69, 9.17) is 14.6 Å². The zero-order valence-corrected chi connectivity index (χ0v) is 8.53. The molecule has 2 rings (SSSR count). The molecule has 1 N–H and O–H groups in total. The summed E-state index contributed by atoms with van der Waals surface area (Å²) in [5.74, 6) is 0.146. The Morgan fingerprint density at radius 3 is 2.94 bits per heavy atom. The van der Waals surface area contributed by atoms with Crippen LogP contribution in [0.2, 0.25) is 0 Å². The van der Waals surface area contributed by atoms with Gasteiger partial charge in [0, 0.05) is 6.42 Å². The zero-order valence-electron chi connectivity index (χ0n) is 8.53. The summed E-state index contributed by atoms with van der Waals surface area (Å²) in [5.41, 5.74) is 1.16. The SMILES string of the molecule is O=C(O)CCc1cc(CF)cc2c1OCO2. The number of alkyl halides is 1. The molecule has 16 heavy (non-hydrogen) atoms. The van der Waals surface area contributed by atoms with Crippen LogP contribution in [0.3, 0.4) is 0 Å². The van der Waals surface area contributed by atoms with Crippen LogP contribution >= 0.6 is 0 Å². The summed E-state index contributed by atoms with van der Waals surface area (Å²) in [7, 11) is 0. The summed E-state index contributed by atoms with van der Waals surface area (Å²) >= 11 is 0. The minimum atomic E-state index is -0.890. The van der Waals surface area contributed by atoms with E-state index in [1.165, 1.54) is 0 Å². The molecule has 0 unspecified atom stereocenters. The summed E-state index contributed by atoms with van der Waals surface area (Å²) in [5, 5.41) is 8.60. The Morgan fingerprint density at radius 2 is 2.25 bits per heavy atom. The number of halogens is 1. The van der Waals surface area contributed by atoms with Crippen molar-refractivity contribution in [3.05, 3.63) is 23.3 Å². The van der Waals surface area contributed by atoms with Crippen molar-refractivity contribution in [2.24, 2.45) is 0 Å². The fourth-order valence-corrected chi connectivity index (χ4v) is 1.65. The Balaban J connectivity index is 2.28. The van der Waals surface area contributed by atoms with Crippen molar-refractivity contribution in [2.75, 3.05) is 6.79 Å². The van der Waals surface area contributed by atoms with Gasteiger partial charge < -0.3 is 14.6 Å². The predicted molar refractivity (Wildman–Crippen MR) is 53.3 cm³/mol. The van der Waals surface area contributed by atoms with Crippen molar-refractivity contribution in [3.8, 4) is 11.5 Å². The molecule has 1 aliphatic heterocycles. The molecule has 0 saturated carbocycles. The molecule has 1 aromatic carbocycles. The van der Waals surface area contributed by atoms with E-state index in [2.05, 4.69) is 0 Å². The smallest absolute Gasteiger partial charge is 0.303 e. The van der Waals surface area contributed by atoms with Gasteiger partial charge in [0.2, 0.25) is 6.79 Å². The Bertz CT molecular complexity index is 417. The number of carboxylic acid groups (broad SMARTS) is 1. The topological polar surface area (TPSA) is 55.8 Å². The summed E-state index contributed by atoms with van der Waals surface area (Å²) in [6.07, 6.45) is 0.306. The van der Waals surface area contributed by atoms with Gasteiger partial charge in [0.15, 0.2) is 11.5 Å². The second-order valence-electron chi connectivity index (χ2n) is 3.52. The molecule has 4 nitrogen and oxygen atoms in total. The molecule has 0 saturated heterocycles. The predicted octanol–water partition coefficient (Wildman–Crippen LogP) is 1.90. The van der Waals surface area contributed by atoms with Gasteiger partial charge in [0.25, 0.3) is 0 Å². The Labute approximate surface area is 91.6 Å². The van der Waals surface area contributed by atoms with Crippen LogP contribution in [0.1, 0.15) is 17.5 Å². The number of fused-ring (bicyclic) bond motifs is 1. The maximum atomic E-state index is 12.6. The van der Waals surface area contributed by atoms with Crippen LogP contribution in [0.4, 0.5) is 4.39 Å². The number of aryl methyl sites for hydroxylation is 1. The first-order chi connectivity index (χ1) is 7.70. The van der Waals surface area contributed by atoms with Crippen LogP contribution in [0, 0.1) is 0 Å². The van der Waals surface area contributed by atoms with E-state index in [1.54, 1.807) is 12.1 Å². The Kier molecular flexibility index (Phi) is 2.94. The normalized spacial score (nSPS) is 12.8. The van der Waals surface area contributed by atoms with E-state index in [0.717, 1.165) is 0 Å². The van der Waals surface area contributed by atoms with Crippen molar-refractivity contribution in [1.29, 1.82) is 0 Å². The fourth-order valence-electron chi connectivity index (χ4n) is 1.65. The molecule has 86 valence electrons. The highest BCUT2D eigenvalue weighted by molar-refractivity contribution is 5.67. The number of carbonyl (C=O) groups is 1. The molecule has 1 aliphatic rings. The monoisotopic (exact) mass is 226 g/mol. The maximum Gasteiger partial charge on any atom is 0.303 e. The van der Waals surface area contributed by atoms with Crippen LogP contribution < -0.4 is 9.47 Å². The molecule has 0 bridgehead atoms. The molecular weight excluding hydrogens is 215 g/mol. The third-order valence-corrected chi connectivity index (χ3v) is 2.37. The summed E-state index contributed by atoms with van der Waals surface area (Å²) < 4.78 is 22.9. The second-order valence-corrected chi connectivity index (χ2v) is 3.52. The van der Waals surface area contributed by atoms with Gasteiger partial charge in [0.05, 0.1) is 0 Å². The molecule has 0 aliphatic carbocycles. The summed E-state index contributed by atoms with van der Waals surface area (Å²) in [6.45, 7) is -0.498. The van der Waals surface area contributed by atoms with Gasteiger partial charge in [0.1, 0.15) is 6.67 Å². The zero-order chi connectivity index (χ0) is 11.5. The highest BCUT2D eigenvalue weighted by atomic mass is 19.1. The third kappa shape index (κ3) is 2.08. The van der Waals surface area contributed by atoms with Gasteiger partial charge in [-0.3, -0.25) is 4.79 Å². The number of aliphatic carboxylic acids is 1. The van der Waals surface area contributed by atoms with Crippen LogP contribution in [-0.2, 0) is 17.9 Å². The average Bonchev–Trinajstić information content (AvgIpc) is 2.73. The van der Waals surface area contributed by atoms with Crippen molar-refractivity contribution in [2.45, 2.75) is 19.5 Å². The quantitative estimate of drug-likeness (QED) is 0.851. The van der Waals surface area contributed by atoms with Gasteiger partial charge in [-0.1, -0.05) is 0 Å². The van der Waals surface area contributed by atoms with Crippen molar-refractivity contribution in [1.82, 2.24) is 0 Å². The molecule has 5 heteroatoms. The molecular formula is C11H11FO4. The van der Waals surface area contributed by atoms with Crippen molar-refractivity contribution in [3.63, 3.8) is 0 Å². The van der Waals surface area contributed by atoms with Crippen LogP contribution in [-0.4, -0.2) is 17.9 Å². The number of rotatable bonds is 4. The van der Waals surface area contributed by atoms with Gasteiger partial charge >= 0.3 is 5.97 Å². The Hall–Kier alpha value is -1.78. The van der Waals surface area contributed by atoms with Crippen molar-refractivity contribution >= 4 is 5.97 Å². The first-order valence-corrected chi connectivity index (χ1v) is 4.90. The van der Waals surface area contributed by atoms with Crippen LogP contribution in [0.15, 0.2) is 12.1 Å². The standard InChI is InChI=1S/C11H11FO4/c12-5-7-3-8(1-2-10(13)14)11-9(4-7)15-6-16-11/h3-4H,1-2,5-6H2,(H,13,14). The van der Waals surface area contributed by atoms with Gasteiger partial charge in [-0.15, -0.1) is 0 Å². The lowest BCUT2D eigenvalue weighted by atomic mass is 10.0. The molecule has 0 amide bonds. The van der Waals surface area contributed by atoms with E-state index in [9.17, 15) is 9.18 Å². The molecule has 0 aromatic heterocycles. The maximum absolute atomic E-state index is 12.6. The molecule has 0 fully saturated rings. The van der Waals surface area contributed by atoms with E-state index in [1.807, 2.05) is 0 Å². The lowest BCUT2D eigenvalue weighted by Gasteiger charge is -2.06. The first kappa shape index (κ1) is 10.7. The lowest BCUT2D eigenvalue weighted by molar-refractivity contribution is -0.136. The largest absolute Gasteiger partial charge is 0.481 e. The minimum Gasteiger partial charge on any atom is -0.481 e. The van der Waals surface area contributed by atoms with E-state index in [-0.39, 0.29) is 13.2 Å². The lowest BCUT2D eigenvalue weighted by Crippen LogP contribution is -1.99. The number of ether oxygens (including phenoxy) is 2. The van der Waals surface area contributed by atoms with Crippen LogP contribution in [0.5, 0.6) is 11.5 Å². The molecule has 0 radical (unpaired) electrons. The number of carboxylic acids is 1. The van der Waals surface area contributed by atoms with E-state index < -0.39 is 12.6 Å². The fraction of sp³-hybridized carbons (Fsp3) is 0.364. The average molecular weight is 226 g/mol. The minimum absolute atomic E-state index is 0.00839. The highest BCUT2D eigenvalue weighted by Crippen LogP contribution is 2.37. The Morgan fingerprint density at radius 1 is 1.44 bits per heavy atom. The summed E-state index contributed by atoms with van der Waals surface area (Å²) in [4.78, 5) is 10.5. The molecule has 0 spiro atoms. The van der Waals surface area contributed by atoms with E-state index in [0.29, 0.717) is 29.0 Å². The number of hydrogen-bond acceptors (Lipinski definition) is 3. The second kappa shape index (κ2) is 4.38. The van der Waals surface area contributed by atoms with E-state index >= 15 is 0 Å². The first-order valence-electron chi connectivity index (χ1n) is 4.90. The molecule has 0 atom stereocenters. The van der Waals surface area contributed by atoms with Gasteiger partial charge in [-0.05, 0) is 29.7 Å².